The van der Waals surface area contributed by atoms with Crippen LogP contribution in [0.4, 0.5) is 4.39 Å². The fourth-order valence-corrected chi connectivity index (χ4v) is 4.38. The number of morpholine rings is 2. The van der Waals surface area contributed by atoms with Crippen LogP contribution in [0.25, 0.3) is 0 Å². The Balaban J connectivity index is 1.44. The maximum atomic E-state index is 13.4. The molecule has 1 unspecified atom stereocenters. The van der Waals surface area contributed by atoms with E-state index in [2.05, 4.69) is 4.90 Å². The van der Waals surface area contributed by atoms with Crippen molar-refractivity contribution in [3.05, 3.63) is 71.0 Å². The van der Waals surface area contributed by atoms with Crippen molar-refractivity contribution in [2.75, 3.05) is 65.6 Å². The first kappa shape index (κ1) is 24.3. The Kier molecular flexibility index (Phi) is 8.26. The van der Waals surface area contributed by atoms with E-state index in [1.165, 1.54) is 24.3 Å². The third kappa shape index (κ3) is 6.20. The minimum absolute atomic E-state index is 0.0175. The third-order valence-corrected chi connectivity index (χ3v) is 6.39. The molecule has 2 aromatic rings. The standard InChI is InChI=1S/C26H32FN3O4/c1-20-4-2-3-5-24(20)26(32)30-14-17-34-23(19-30)18-29(11-10-28-12-15-33-16-13-28)25(31)21-6-8-22(27)9-7-21/h2-9,23H,10-19H2,1H3. The van der Waals surface area contributed by atoms with Crippen molar-refractivity contribution < 1.29 is 23.5 Å². The molecule has 0 saturated carbocycles. The van der Waals surface area contributed by atoms with Crippen molar-refractivity contribution in [3.63, 3.8) is 0 Å². The van der Waals surface area contributed by atoms with E-state index < -0.39 is 0 Å². The molecule has 2 fully saturated rings. The molecule has 4 rings (SSSR count). The molecule has 0 aliphatic carbocycles. The van der Waals surface area contributed by atoms with E-state index in [-0.39, 0.29) is 23.7 Å². The fourth-order valence-electron chi connectivity index (χ4n) is 4.38. The van der Waals surface area contributed by atoms with Gasteiger partial charge in [0.15, 0.2) is 0 Å². The maximum Gasteiger partial charge on any atom is 0.254 e. The van der Waals surface area contributed by atoms with E-state index >= 15 is 0 Å². The highest BCUT2D eigenvalue weighted by Crippen LogP contribution is 2.16. The van der Waals surface area contributed by atoms with Crippen molar-refractivity contribution in [1.82, 2.24) is 14.7 Å². The van der Waals surface area contributed by atoms with Gasteiger partial charge in [0.05, 0.1) is 25.9 Å². The van der Waals surface area contributed by atoms with Gasteiger partial charge in [-0.15, -0.1) is 0 Å². The van der Waals surface area contributed by atoms with E-state index in [1.807, 2.05) is 31.2 Å². The minimum Gasteiger partial charge on any atom is -0.379 e. The monoisotopic (exact) mass is 469 g/mol. The number of hydrogen-bond acceptors (Lipinski definition) is 5. The van der Waals surface area contributed by atoms with Gasteiger partial charge in [0.25, 0.3) is 11.8 Å². The zero-order valence-corrected chi connectivity index (χ0v) is 19.6. The smallest absolute Gasteiger partial charge is 0.254 e. The third-order valence-electron chi connectivity index (χ3n) is 6.39. The van der Waals surface area contributed by atoms with Crippen LogP contribution < -0.4 is 0 Å². The number of halogens is 1. The van der Waals surface area contributed by atoms with Crippen LogP contribution in [0, 0.1) is 12.7 Å². The normalized spacial score (nSPS) is 19.1. The first-order valence-corrected chi connectivity index (χ1v) is 11.8. The van der Waals surface area contributed by atoms with Crippen LogP contribution in [0.3, 0.4) is 0 Å². The Hall–Kier alpha value is -2.81. The van der Waals surface area contributed by atoms with Gasteiger partial charge in [0.2, 0.25) is 0 Å². The van der Waals surface area contributed by atoms with Crippen molar-refractivity contribution >= 4 is 11.8 Å². The van der Waals surface area contributed by atoms with E-state index in [1.54, 1.807) is 9.80 Å². The van der Waals surface area contributed by atoms with Gasteiger partial charge in [-0.3, -0.25) is 14.5 Å². The molecule has 8 heteroatoms. The van der Waals surface area contributed by atoms with E-state index in [0.29, 0.717) is 57.1 Å². The van der Waals surface area contributed by atoms with Crippen molar-refractivity contribution in [2.24, 2.45) is 0 Å². The lowest BCUT2D eigenvalue weighted by Gasteiger charge is -2.37. The molecular formula is C26H32FN3O4. The van der Waals surface area contributed by atoms with E-state index in [9.17, 15) is 14.0 Å². The van der Waals surface area contributed by atoms with Crippen molar-refractivity contribution in [2.45, 2.75) is 13.0 Å². The summed E-state index contributed by atoms with van der Waals surface area (Å²) in [6, 6.07) is 13.2. The second-order valence-corrected chi connectivity index (χ2v) is 8.77. The van der Waals surface area contributed by atoms with Crippen LogP contribution in [-0.4, -0.2) is 98.3 Å². The molecule has 2 heterocycles. The number of nitrogens with zero attached hydrogens (tertiary/aromatic N) is 3. The molecule has 0 radical (unpaired) electrons. The predicted octanol–water partition coefficient (Wildman–Crippen LogP) is 2.45. The molecule has 0 bridgehead atoms. The Morgan fingerprint density at radius 2 is 1.76 bits per heavy atom. The van der Waals surface area contributed by atoms with Crippen LogP contribution in [-0.2, 0) is 9.47 Å². The summed E-state index contributed by atoms with van der Waals surface area (Å²) in [7, 11) is 0. The molecule has 0 aromatic heterocycles. The average Bonchev–Trinajstić information content (AvgIpc) is 2.87. The minimum atomic E-state index is -0.377. The molecule has 182 valence electrons. The van der Waals surface area contributed by atoms with Gasteiger partial charge in [0, 0.05) is 56.9 Å². The first-order chi connectivity index (χ1) is 16.5. The molecule has 2 saturated heterocycles. The molecule has 7 nitrogen and oxygen atoms in total. The van der Waals surface area contributed by atoms with E-state index in [0.717, 1.165) is 25.2 Å². The maximum absolute atomic E-state index is 13.4. The van der Waals surface area contributed by atoms with Crippen LogP contribution in [0.15, 0.2) is 48.5 Å². The molecule has 0 spiro atoms. The first-order valence-electron chi connectivity index (χ1n) is 11.8. The molecule has 0 N–H and O–H groups in total. The zero-order valence-electron chi connectivity index (χ0n) is 19.6. The number of benzene rings is 2. The lowest BCUT2D eigenvalue weighted by Crippen LogP contribution is -2.52. The summed E-state index contributed by atoms with van der Waals surface area (Å²) >= 11 is 0. The lowest BCUT2D eigenvalue weighted by molar-refractivity contribution is -0.0347. The predicted molar refractivity (Wildman–Crippen MR) is 126 cm³/mol. The number of ether oxygens (including phenoxy) is 2. The molecular weight excluding hydrogens is 437 g/mol. The molecule has 2 aromatic carbocycles. The quantitative estimate of drug-likeness (QED) is 0.624. The largest absolute Gasteiger partial charge is 0.379 e. The summed E-state index contributed by atoms with van der Waals surface area (Å²) < 4.78 is 24.8. The Morgan fingerprint density at radius 3 is 2.50 bits per heavy atom. The molecule has 2 aliphatic heterocycles. The van der Waals surface area contributed by atoms with Crippen LogP contribution in [0.1, 0.15) is 26.3 Å². The average molecular weight is 470 g/mol. The summed E-state index contributed by atoms with van der Waals surface area (Å²) in [5, 5.41) is 0. The van der Waals surface area contributed by atoms with Crippen molar-refractivity contribution in [3.8, 4) is 0 Å². The molecule has 2 aliphatic rings. The number of aryl methyl sites for hydroxylation is 1. The van der Waals surface area contributed by atoms with Gasteiger partial charge in [-0.25, -0.2) is 4.39 Å². The van der Waals surface area contributed by atoms with Gasteiger partial charge in [0.1, 0.15) is 5.82 Å². The fraction of sp³-hybridized carbons (Fsp3) is 0.462. The van der Waals surface area contributed by atoms with Gasteiger partial charge >= 0.3 is 0 Å². The van der Waals surface area contributed by atoms with Gasteiger partial charge in [-0.1, -0.05) is 18.2 Å². The molecule has 34 heavy (non-hydrogen) atoms. The summed E-state index contributed by atoms with van der Waals surface area (Å²) in [6.07, 6.45) is -0.296. The van der Waals surface area contributed by atoms with Crippen molar-refractivity contribution in [1.29, 1.82) is 0 Å². The zero-order chi connectivity index (χ0) is 23.9. The lowest BCUT2D eigenvalue weighted by atomic mass is 10.1. The number of amides is 2. The highest BCUT2D eigenvalue weighted by Gasteiger charge is 2.29. The Labute approximate surface area is 200 Å². The molecule has 1 atom stereocenters. The number of rotatable bonds is 7. The number of hydrogen-bond donors (Lipinski definition) is 0. The number of carbonyl (C=O) groups excluding carboxylic acids is 2. The Morgan fingerprint density at radius 1 is 1.03 bits per heavy atom. The summed E-state index contributed by atoms with van der Waals surface area (Å²) in [5.74, 6) is -0.562. The Bertz CT molecular complexity index is 978. The van der Waals surface area contributed by atoms with E-state index in [4.69, 9.17) is 9.47 Å². The van der Waals surface area contributed by atoms with Gasteiger partial charge in [-0.05, 0) is 42.8 Å². The second-order valence-electron chi connectivity index (χ2n) is 8.77. The summed E-state index contributed by atoms with van der Waals surface area (Å²) in [4.78, 5) is 32.2. The second kappa shape index (κ2) is 11.6. The SMILES string of the molecule is Cc1ccccc1C(=O)N1CCOC(CN(CCN2CCOCC2)C(=O)c2ccc(F)cc2)C1. The van der Waals surface area contributed by atoms with Gasteiger partial charge < -0.3 is 19.3 Å². The number of carbonyl (C=O) groups is 2. The van der Waals surface area contributed by atoms with Crippen LogP contribution in [0.2, 0.25) is 0 Å². The highest BCUT2D eigenvalue weighted by atomic mass is 19.1. The summed E-state index contributed by atoms with van der Waals surface area (Å²) in [6.45, 7) is 7.91. The van der Waals surface area contributed by atoms with Gasteiger partial charge in [-0.2, -0.15) is 0 Å². The highest BCUT2D eigenvalue weighted by molar-refractivity contribution is 5.96. The van der Waals surface area contributed by atoms with Crippen LogP contribution in [0.5, 0.6) is 0 Å². The topological polar surface area (TPSA) is 62.3 Å². The van der Waals surface area contributed by atoms with Crippen LogP contribution >= 0.6 is 0 Å². The summed E-state index contributed by atoms with van der Waals surface area (Å²) in [5.41, 5.74) is 2.07. The molecule has 2 amide bonds.